The van der Waals surface area contributed by atoms with Gasteiger partial charge < -0.3 is 35.9 Å². The number of carbonyl (C=O) groups excluding carboxylic acids is 2. The molecule has 1 amide bonds. The molecule has 2 aromatic heterocycles. The molecule has 2 aliphatic heterocycles. The van der Waals surface area contributed by atoms with Crippen LogP contribution in [-0.2, 0) is 37.2 Å². The van der Waals surface area contributed by atoms with E-state index in [1.54, 1.807) is 27.7 Å². The summed E-state index contributed by atoms with van der Waals surface area (Å²) >= 11 is 2.89. The standard InChI is InChI=1S/C23H33BrFN6O9P/c1-11(2)38-14(32)5-7-28-19(34)16-22(3,4)10-37-41(35,40-16)36-9-13-15(33)23(24,25)20(39-13)31-8-6-12-17(26)29-21(27)30-18(12)31/h6,8,11,13,15-16,20,33H,5,7,9-10H2,1-4H3,(H,28,34)(H4,26,27,29,30)/t13-,15?,16+,20-,23?,41?/m1/s1. The van der Waals surface area contributed by atoms with Crippen molar-refractivity contribution in [2.24, 2.45) is 5.41 Å². The highest BCUT2D eigenvalue weighted by Crippen LogP contribution is 2.58. The number of phosphoric acid groups is 1. The molecule has 0 spiro atoms. The van der Waals surface area contributed by atoms with Crippen molar-refractivity contribution in [3.8, 4) is 0 Å². The van der Waals surface area contributed by atoms with Gasteiger partial charge in [-0.15, -0.1) is 0 Å². The Morgan fingerprint density at radius 1 is 1.37 bits per heavy atom. The molecule has 2 fully saturated rings. The maximum absolute atomic E-state index is 15.7. The van der Waals surface area contributed by atoms with Gasteiger partial charge in [0.2, 0.25) is 16.4 Å². The minimum absolute atomic E-state index is 0.0318. The highest BCUT2D eigenvalue weighted by Gasteiger charge is 2.58. The van der Waals surface area contributed by atoms with Gasteiger partial charge in [-0.25, -0.2) is 8.96 Å². The first-order valence-corrected chi connectivity index (χ1v) is 14.9. The van der Waals surface area contributed by atoms with Crippen LogP contribution in [0.4, 0.5) is 16.2 Å². The smallest absolute Gasteiger partial charge is 0.463 e. The van der Waals surface area contributed by atoms with Gasteiger partial charge in [0.15, 0.2) is 12.3 Å². The first-order valence-electron chi connectivity index (χ1n) is 12.7. The van der Waals surface area contributed by atoms with E-state index in [1.165, 1.54) is 16.8 Å². The van der Waals surface area contributed by atoms with Crippen LogP contribution >= 0.6 is 23.8 Å². The summed E-state index contributed by atoms with van der Waals surface area (Å²) in [6.07, 6.45) is -4.83. The predicted molar refractivity (Wildman–Crippen MR) is 146 cm³/mol. The molecule has 2 saturated heterocycles. The first-order chi connectivity index (χ1) is 19.0. The van der Waals surface area contributed by atoms with Gasteiger partial charge in [0.1, 0.15) is 23.7 Å². The fourth-order valence-electron chi connectivity index (χ4n) is 4.33. The number of nitrogens with one attached hydrogen (secondary N) is 1. The lowest BCUT2D eigenvalue weighted by atomic mass is 9.87. The van der Waals surface area contributed by atoms with Gasteiger partial charge in [-0.3, -0.25) is 23.2 Å². The zero-order valence-corrected chi connectivity index (χ0v) is 25.3. The van der Waals surface area contributed by atoms with Crippen LogP contribution in [0.25, 0.3) is 11.0 Å². The third kappa shape index (κ3) is 6.66. The second kappa shape index (κ2) is 11.7. The van der Waals surface area contributed by atoms with Crippen LogP contribution in [0.15, 0.2) is 12.3 Å². The number of aliphatic hydroxyl groups is 1. The maximum Gasteiger partial charge on any atom is 0.475 e. The molecule has 0 aromatic carbocycles. The van der Waals surface area contributed by atoms with E-state index in [0.29, 0.717) is 5.39 Å². The number of hydrogen-bond acceptors (Lipinski definition) is 13. The number of nitrogen functional groups attached to an aromatic ring is 2. The van der Waals surface area contributed by atoms with Gasteiger partial charge in [-0.05, 0) is 35.8 Å². The first kappa shape index (κ1) is 31.5. The molecule has 0 saturated carbocycles. The summed E-state index contributed by atoms with van der Waals surface area (Å²) in [5, 5.41) is 13.7. The van der Waals surface area contributed by atoms with E-state index < -0.39 is 60.8 Å². The van der Waals surface area contributed by atoms with E-state index in [9.17, 15) is 19.3 Å². The van der Waals surface area contributed by atoms with Crippen LogP contribution in [-0.4, -0.2) is 80.3 Å². The van der Waals surface area contributed by atoms with Gasteiger partial charge in [-0.2, -0.15) is 9.97 Å². The number of alkyl halides is 2. The van der Waals surface area contributed by atoms with Gasteiger partial charge in [0.25, 0.3) is 0 Å². The Balaban J connectivity index is 1.42. The Labute approximate surface area is 243 Å². The van der Waals surface area contributed by atoms with Crippen molar-refractivity contribution in [1.82, 2.24) is 19.9 Å². The molecule has 228 valence electrons. The molecule has 2 aromatic rings. The highest BCUT2D eigenvalue weighted by molar-refractivity contribution is 9.10. The molecule has 2 aliphatic rings. The molecule has 0 bridgehead atoms. The zero-order chi connectivity index (χ0) is 30.3. The number of hydrogen-bond donors (Lipinski definition) is 4. The normalized spacial score (nSPS) is 31.4. The lowest BCUT2D eigenvalue weighted by Crippen LogP contribution is -2.50. The van der Waals surface area contributed by atoms with Crippen LogP contribution in [0.1, 0.15) is 40.3 Å². The summed E-state index contributed by atoms with van der Waals surface area (Å²) in [5.74, 6) is -1.20. The fraction of sp³-hybridized carbons (Fsp3) is 0.652. The molecular weight excluding hydrogens is 634 g/mol. The van der Waals surface area contributed by atoms with Crippen molar-refractivity contribution in [2.45, 2.75) is 69.3 Å². The summed E-state index contributed by atoms with van der Waals surface area (Å²) in [4.78, 5) is 32.6. The van der Waals surface area contributed by atoms with Crippen LogP contribution in [0.5, 0.6) is 0 Å². The Bertz CT molecular complexity index is 1360. The number of anilines is 2. The molecule has 41 heavy (non-hydrogen) atoms. The summed E-state index contributed by atoms with van der Waals surface area (Å²) in [6, 6.07) is 1.54. The second-order valence-electron chi connectivity index (χ2n) is 10.6. The number of phosphoric ester groups is 1. The number of aromatic nitrogens is 3. The average Bonchev–Trinajstić information content (AvgIpc) is 3.37. The number of esters is 1. The second-order valence-corrected chi connectivity index (χ2v) is 13.5. The Morgan fingerprint density at radius 2 is 2.07 bits per heavy atom. The Morgan fingerprint density at radius 3 is 2.76 bits per heavy atom. The van der Waals surface area contributed by atoms with Crippen molar-refractivity contribution >= 4 is 58.4 Å². The summed E-state index contributed by atoms with van der Waals surface area (Å²) in [6.45, 7) is 5.90. The van der Waals surface area contributed by atoms with Gasteiger partial charge in [0.05, 0.1) is 31.1 Å². The number of halogens is 2. The third-order valence-electron chi connectivity index (χ3n) is 6.42. The molecule has 4 rings (SSSR count). The monoisotopic (exact) mass is 666 g/mol. The zero-order valence-electron chi connectivity index (χ0n) is 22.8. The van der Waals surface area contributed by atoms with Crippen molar-refractivity contribution in [3.05, 3.63) is 12.3 Å². The van der Waals surface area contributed by atoms with Crippen molar-refractivity contribution < 1.29 is 46.7 Å². The van der Waals surface area contributed by atoms with Crippen LogP contribution in [0, 0.1) is 5.41 Å². The van der Waals surface area contributed by atoms with Crippen LogP contribution in [0.3, 0.4) is 0 Å². The molecule has 0 aliphatic carbocycles. The number of fused-ring (bicyclic) bond motifs is 1. The van der Waals surface area contributed by atoms with E-state index in [4.69, 9.17) is 34.5 Å². The van der Waals surface area contributed by atoms with Crippen molar-refractivity contribution in [2.75, 3.05) is 31.2 Å². The number of amides is 1. The average molecular weight is 667 g/mol. The van der Waals surface area contributed by atoms with E-state index in [0.717, 1.165) is 0 Å². The number of rotatable bonds is 9. The number of nitrogens with two attached hydrogens (primary N) is 2. The molecule has 6 N–H and O–H groups in total. The number of carbonyl (C=O) groups is 2. The minimum atomic E-state index is -4.37. The molecule has 15 nitrogen and oxygen atoms in total. The maximum atomic E-state index is 15.7. The van der Waals surface area contributed by atoms with Crippen LogP contribution in [0.2, 0.25) is 0 Å². The van der Waals surface area contributed by atoms with Crippen molar-refractivity contribution in [3.63, 3.8) is 0 Å². The number of aliphatic hydroxyl groups excluding tert-OH is 1. The van der Waals surface area contributed by atoms with E-state index >= 15 is 4.39 Å². The van der Waals surface area contributed by atoms with Crippen LogP contribution < -0.4 is 16.8 Å². The minimum Gasteiger partial charge on any atom is -0.463 e. The van der Waals surface area contributed by atoms with E-state index in [-0.39, 0.29) is 43.1 Å². The molecular formula is C23H33BrFN6O9P. The number of ether oxygens (including phenoxy) is 2. The lowest BCUT2D eigenvalue weighted by molar-refractivity contribution is -0.147. The lowest BCUT2D eigenvalue weighted by Gasteiger charge is -2.39. The Kier molecular flexibility index (Phi) is 9.00. The fourth-order valence-corrected chi connectivity index (χ4v) is 6.61. The van der Waals surface area contributed by atoms with Gasteiger partial charge in [-0.1, -0.05) is 13.8 Å². The topological polar surface area (TPSA) is 212 Å². The summed E-state index contributed by atoms with van der Waals surface area (Å²) in [7, 11) is -4.37. The molecule has 0 radical (unpaired) electrons. The third-order valence-corrected chi connectivity index (χ3v) is 8.66. The molecule has 4 heterocycles. The largest absolute Gasteiger partial charge is 0.475 e. The highest BCUT2D eigenvalue weighted by atomic mass is 79.9. The SMILES string of the molecule is CC(C)OC(=O)CCNC(=O)[C@@H]1OP(=O)(OC[C@H]2O[C@@H](n3ccc4c(N)nc(N)nc43)C(F)(Br)C2O)OCC1(C)C. The van der Waals surface area contributed by atoms with Gasteiger partial charge >= 0.3 is 13.8 Å². The molecule has 18 heteroatoms. The predicted octanol–water partition coefficient (Wildman–Crippen LogP) is 1.94. The van der Waals surface area contributed by atoms with E-state index in [1.807, 2.05) is 0 Å². The summed E-state index contributed by atoms with van der Waals surface area (Å²) in [5.41, 5.74) is 10.8. The number of nitrogens with zero attached hydrogens (tertiary/aromatic N) is 3. The van der Waals surface area contributed by atoms with Gasteiger partial charge in [0, 0.05) is 18.2 Å². The van der Waals surface area contributed by atoms with Crippen molar-refractivity contribution in [1.29, 1.82) is 0 Å². The summed E-state index contributed by atoms with van der Waals surface area (Å²) < 4.78 is 54.8. The molecule has 3 unspecified atom stereocenters. The Hall–Kier alpha value is -2.40. The van der Waals surface area contributed by atoms with E-state index in [2.05, 4.69) is 31.2 Å². The molecule has 6 atom stereocenters. The quantitative estimate of drug-likeness (QED) is 0.171.